The second-order valence-electron chi connectivity index (χ2n) is 3.73. The van der Waals surface area contributed by atoms with Crippen molar-refractivity contribution in [3.8, 4) is 0 Å². The molecule has 1 unspecified atom stereocenters. The summed E-state index contributed by atoms with van der Waals surface area (Å²) in [5.74, 6) is 0.247. The summed E-state index contributed by atoms with van der Waals surface area (Å²) in [4.78, 5) is 11.1. The Morgan fingerprint density at radius 3 is 2.11 bits per heavy atom. The summed E-state index contributed by atoms with van der Waals surface area (Å²) in [6.45, 7) is 1.12. The number of nitrogens with zero attached hydrogens (tertiary/aromatic N) is 1. The molecule has 0 aliphatic heterocycles. The van der Waals surface area contributed by atoms with E-state index in [0.29, 0.717) is 5.69 Å². The Bertz CT molecular complexity index is 445. The molecule has 0 saturated heterocycles. The van der Waals surface area contributed by atoms with Crippen molar-refractivity contribution >= 4 is 45.9 Å². The molecule has 0 radical (unpaired) electrons. The quantitative estimate of drug-likeness (QED) is 0.598. The number of hydrogen-bond donors (Lipinski definition) is 0. The zero-order valence-corrected chi connectivity index (χ0v) is 12.0. The number of rotatable bonds is 6. The van der Waals surface area contributed by atoms with E-state index < -0.39 is 11.3 Å². The normalized spacial score (nSPS) is 12.2. The largest absolute Gasteiger partial charge is 0.755 e. The maximum atomic E-state index is 11.1. The Kier molecular flexibility index (Phi) is 6.08. The Labute approximate surface area is 118 Å². The maximum Gasteiger partial charge on any atom is 0.150 e. The van der Waals surface area contributed by atoms with Crippen molar-refractivity contribution < 1.29 is 13.6 Å². The molecule has 0 amide bonds. The third-order valence-electron chi connectivity index (χ3n) is 2.18. The Balaban J connectivity index is 3.17. The van der Waals surface area contributed by atoms with Crippen molar-refractivity contribution in [2.75, 3.05) is 10.8 Å². The number of ketones is 1. The summed E-state index contributed by atoms with van der Waals surface area (Å²) in [6.07, 6.45) is 0. The van der Waals surface area contributed by atoms with Gasteiger partial charge in [0, 0.05) is 28.7 Å². The summed E-state index contributed by atoms with van der Waals surface area (Å²) in [6, 6.07) is 5.05. The smallest absolute Gasteiger partial charge is 0.150 e. The minimum Gasteiger partial charge on any atom is -0.755 e. The molecule has 0 heterocycles. The Morgan fingerprint density at radius 2 is 1.78 bits per heavy atom. The number of Topliss-reactive ketones (excluding diaryl/α,β-unsaturated/α-hetero) is 1. The molecule has 1 aromatic carbocycles. The predicted octanol–water partition coefficient (Wildman–Crippen LogP) is 2.35. The molecule has 1 aromatic rings. The van der Waals surface area contributed by atoms with Gasteiger partial charge in [0.25, 0.3) is 0 Å². The molecule has 0 bridgehead atoms. The van der Waals surface area contributed by atoms with E-state index >= 15 is 0 Å². The van der Waals surface area contributed by atoms with Gasteiger partial charge in [-0.05, 0) is 30.2 Å². The maximum absolute atomic E-state index is 11.1. The van der Waals surface area contributed by atoms with Gasteiger partial charge in [-0.2, -0.15) is 0 Å². The fourth-order valence-electron chi connectivity index (χ4n) is 1.47. The summed E-state index contributed by atoms with van der Waals surface area (Å²) in [5.41, 5.74) is 1.90. The van der Waals surface area contributed by atoms with E-state index in [-0.39, 0.29) is 24.1 Å². The number of carbonyl (C=O) groups excluding carboxylic acids is 1. The highest BCUT2D eigenvalue weighted by atomic mass is 35.5. The third-order valence-corrected chi connectivity index (χ3v) is 3.50. The standard InChI is InChI=1S/C11H13Cl2NO3S/c1-8(15)7-14(18(16)17)11-3-9(5-12)2-10(4-11)6-13/h2-4H,5-7H2,1H3,(H,16,17)/p-1. The van der Waals surface area contributed by atoms with Crippen LogP contribution in [0, 0.1) is 0 Å². The second kappa shape index (κ2) is 7.09. The lowest BCUT2D eigenvalue weighted by atomic mass is 10.1. The van der Waals surface area contributed by atoms with Crippen LogP contribution in [0.3, 0.4) is 0 Å². The topological polar surface area (TPSA) is 60.4 Å². The molecule has 0 aromatic heterocycles. The number of alkyl halides is 2. The van der Waals surface area contributed by atoms with Crippen molar-refractivity contribution in [3.63, 3.8) is 0 Å². The van der Waals surface area contributed by atoms with E-state index in [4.69, 9.17) is 23.2 Å². The molecule has 1 atom stereocenters. The first-order valence-electron chi connectivity index (χ1n) is 5.09. The molecule has 0 aliphatic rings. The van der Waals surface area contributed by atoms with Crippen LogP contribution in [0.2, 0.25) is 0 Å². The number of hydrogen-bond acceptors (Lipinski definition) is 3. The molecule has 0 fully saturated rings. The van der Waals surface area contributed by atoms with Crippen molar-refractivity contribution in [1.82, 2.24) is 0 Å². The highest BCUT2D eigenvalue weighted by Gasteiger charge is 2.11. The lowest BCUT2D eigenvalue weighted by Gasteiger charge is -2.26. The van der Waals surface area contributed by atoms with Gasteiger partial charge in [-0.1, -0.05) is 6.07 Å². The first kappa shape index (κ1) is 15.4. The van der Waals surface area contributed by atoms with E-state index in [1.807, 2.05) is 0 Å². The average molecular weight is 309 g/mol. The van der Waals surface area contributed by atoms with Crippen LogP contribution < -0.4 is 4.31 Å². The van der Waals surface area contributed by atoms with E-state index in [2.05, 4.69) is 0 Å². The van der Waals surface area contributed by atoms with Crippen LogP contribution >= 0.6 is 23.2 Å². The first-order valence-corrected chi connectivity index (χ1v) is 7.19. The van der Waals surface area contributed by atoms with Gasteiger partial charge in [0.15, 0.2) is 0 Å². The Morgan fingerprint density at radius 1 is 1.28 bits per heavy atom. The van der Waals surface area contributed by atoms with Crippen LogP contribution in [-0.4, -0.2) is 21.1 Å². The fourth-order valence-corrected chi connectivity index (χ4v) is 2.35. The van der Waals surface area contributed by atoms with Crippen LogP contribution in [0.25, 0.3) is 0 Å². The van der Waals surface area contributed by atoms with Gasteiger partial charge >= 0.3 is 0 Å². The Hall–Kier alpha value is -0.620. The van der Waals surface area contributed by atoms with Gasteiger partial charge in [0.2, 0.25) is 0 Å². The highest BCUT2D eigenvalue weighted by Crippen LogP contribution is 2.22. The fraction of sp³-hybridized carbons (Fsp3) is 0.364. The molecule has 0 N–H and O–H groups in total. The minimum atomic E-state index is -2.52. The third kappa shape index (κ3) is 4.24. The minimum absolute atomic E-state index is 0.205. The molecule has 4 nitrogen and oxygen atoms in total. The van der Waals surface area contributed by atoms with Crippen LogP contribution in [-0.2, 0) is 27.8 Å². The molecule has 0 aliphatic carbocycles. The molecular weight excluding hydrogens is 297 g/mol. The van der Waals surface area contributed by atoms with Crippen molar-refractivity contribution in [2.24, 2.45) is 0 Å². The van der Waals surface area contributed by atoms with Gasteiger partial charge in [0.1, 0.15) is 5.78 Å². The number of anilines is 1. The van der Waals surface area contributed by atoms with Gasteiger partial charge in [-0.15, -0.1) is 23.2 Å². The molecule has 0 saturated carbocycles. The number of benzene rings is 1. The van der Waals surface area contributed by atoms with Gasteiger partial charge in [0.05, 0.1) is 6.54 Å². The lowest BCUT2D eigenvalue weighted by Crippen LogP contribution is -2.30. The summed E-state index contributed by atoms with van der Waals surface area (Å²) < 4.78 is 23.3. The van der Waals surface area contributed by atoms with Gasteiger partial charge in [-0.25, -0.2) is 0 Å². The van der Waals surface area contributed by atoms with Crippen molar-refractivity contribution in [1.29, 1.82) is 0 Å². The van der Waals surface area contributed by atoms with Crippen molar-refractivity contribution in [3.05, 3.63) is 29.3 Å². The summed E-state index contributed by atoms with van der Waals surface area (Å²) >= 11 is 8.95. The predicted molar refractivity (Wildman–Crippen MR) is 72.5 cm³/mol. The lowest BCUT2D eigenvalue weighted by molar-refractivity contribution is -0.115. The van der Waals surface area contributed by atoms with E-state index in [1.54, 1.807) is 18.2 Å². The summed E-state index contributed by atoms with van der Waals surface area (Å²) in [5, 5.41) is 0. The summed E-state index contributed by atoms with van der Waals surface area (Å²) in [7, 11) is 0. The highest BCUT2D eigenvalue weighted by molar-refractivity contribution is 7.80. The van der Waals surface area contributed by atoms with Gasteiger partial charge in [-0.3, -0.25) is 13.3 Å². The molecule has 7 heteroatoms. The average Bonchev–Trinajstić information content (AvgIpc) is 2.34. The molecule has 0 spiro atoms. The van der Waals surface area contributed by atoms with Crippen LogP contribution in [0.1, 0.15) is 18.1 Å². The van der Waals surface area contributed by atoms with E-state index in [9.17, 15) is 13.6 Å². The van der Waals surface area contributed by atoms with Crippen molar-refractivity contribution in [2.45, 2.75) is 18.7 Å². The molecule has 18 heavy (non-hydrogen) atoms. The monoisotopic (exact) mass is 308 g/mol. The molecule has 1 rings (SSSR count). The van der Waals surface area contributed by atoms with Crippen LogP contribution in [0.4, 0.5) is 5.69 Å². The van der Waals surface area contributed by atoms with E-state index in [0.717, 1.165) is 15.4 Å². The number of halogens is 2. The molecule has 100 valence electrons. The van der Waals surface area contributed by atoms with E-state index in [1.165, 1.54) is 6.92 Å². The first-order chi connectivity index (χ1) is 8.47. The second-order valence-corrected chi connectivity index (χ2v) is 5.14. The zero-order chi connectivity index (χ0) is 13.7. The molecular formula is C11H12Cl2NO3S-. The number of carbonyl (C=O) groups is 1. The van der Waals surface area contributed by atoms with Gasteiger partial charge < -0.3 is 4.55 Å². The van der Waals surface area contributed by atoms with Crippen LogP contribution in [0.15, 0.2) is 18.2 Å². The van der Waals surface area contributed by atoms with Crippen LogP contribution in [0.5, 0.6) is 0 Å². The SMILES string of the molecule is CC(=O)CN(c1cc(CCl)cc(CCl)c1)S(=O)[O-]. The zero-order valence-electron chi connectivity index (χ0n) is 9.69.